The molecule has 0 unspecified atom stereocenters. The molecule has 1 amide bonds. The van der Waals surface area contributed by atoms with Gasteiger partial charge in [-0.15, -0.1) is 0 Å². The van der Waals surface area contributed by atoms with Crippen molar-refractivity contribution >= 4 is 5.91 Å². The minimum absolute atomic E-state index is 0.134. The van der Waals surface area contributed by atoms with Crippen LogP contribution < -0.4 is 14.8 Å². The molecule has 0 heterocycles. The molecule has 0 aliphatic carbocycles. The van der Waals surface area contributed by atoms with Gasteiger partial charge < -0.3 is 14.8 Å². The Labute approximate surface area is 146 Å². The summed E-state index contributed by atoms with van der Waals surface area (Å²) in [6.45, 7) is 0.868. The number of carbonyl (C=O) groups excluding carboxylic acids is 1. The molecule has 2 rings (SSSR count). The summed E-state index contributed by atoms with van der Waals surface area (Å²) in [5.74, 6) is 0.477. The number of nitrogens with zero attached hydrogens (tertiary/aromatic N) is 1. The fraction of sp³-hybridized carbons (Fsp3) is 0.263. The number of ether oxygens (including phenoxy) is 2. The third-order valence-electron chi connectivity index (χ3n) is 3.34. The second-order valence-corrected chi connectivity index (χ2v) is 5.26. The molecule has 0 fully saturated rings. The van der Waals surface area contributed by atoms with E-state index in [0.717, 1.165) is 12.8 Å². The van der Waals surface area contributed by atoms with Crippen molar-refractivity contribution in [3.8, 4) is 17.6 Å². The monoisotopic (exact) mass is 342 g/mol. The summed E-state index contributed by atoms with van der Waals surface area (Å²) in [7, 11) is 0. The second kappa shape index (κ2) is 9.93. The molecule has 2 aromatic rings. The SMILES string of the molecule is N#Cc1ccccc1OCC(=O)NCCCCOc1ccc(F)cc1. The van der Waals surface area contributed by atoms with Crippen LogP contribution in [-0.4, -0.2) is 25.7 Å². The highest BCUT2D eigenvalue weighted by atomic mass is 19.1. The minimum Gasteiger partial charge on any atom is -0.494 e. The quantitative estimate of drug-likeness (QED) is 0.711. The molecule has 0 radical (unpaired) electrons. The van der Waals surface area contributed by atoms with Crippen LogP contribution in [0, 0.1) is 17.1 Å². The molecule has 0 aliphatic rings. The van der Waals surface area contributed by atoms with Gasteiger partial charge in [0.1, 0.15) is 23.4 Å². The number of hydrogen-bond acceptors (Lipinski definition) is 4. The van der Waals surface area contributed by atoms with Gasteiger partial charge in [0.25, 0.3) is 5.91 Å². The Kier molecular flexibility index (Phi) is 7.26. The van der Waals surface area contributed by atoms with Gasteiger partial charge in [0.05, 0.1) is 12.2 Å². The van der Waals surface area contributed by atoms with Crippen LogP contribution in [-0.2, 0) is 4.79 Å². The van der Waals surface area contributed by atoms with Crippen LogP contribution in [0.3, 0.4) is 0 Å². The molecule has 130 valence electrons. The molecule has 0 saturated carbocycles. The van der Waals surface area contributed by atoms with E-state index in [9.17, 15) is 9.18 Å². The highest BCUT2D eigenvalue weighted by Gasteiger charge is 2.05. The van der Waals surface area contributed by atoms with Crippen molar-refractivity contribution in [2.75, 3.05) is 19.8 Å². The van der Waals surface area contributed by atoms with Gasteiger partial charge in [-0.3, -0.25) is 4.79 Å². The van der Waals surface area contributed by atoms with Gasteiger partial charge in [-0.1, -0.05) is 12.1 Å². The van der Waals surface area contributed by atoms with Gasteiger partial charge in [-0.25, -0.2) is 4.39 Å². The second-order valence-electron chi connectivity index (χ2n) is 5.26. The van der Waals surface area contributed by atoms with Crippen LogP contribution in [0.2, 0.25) is 0 Å². The molecule has 2 aromatic carbocycles. The van der Waals surface area contributed by atoms with Crippen molar-refractivity contribution in [2.24, 2.45) is 0 Å². The summed E-state index contributed by atoms with van der Waals surface area (Å²) in [6.07, 6.45) is 1.51. The number of benzene rings is 2. The van der Waals surface area contributed by atoms with E-state index < -0.39 is 0 Å². The number of para-hydroxylation sites is 1. The first-order valence-electron chi connectivity index (χ1n) is 7.96. The Morgan fingerprint density at radius 1 is 1.08 bits per heavy atom. The van der Waals surface area contributed by atoms with Crippen molar-refractivity contribution in [2.45, 2.75) is 12.8 Å². The molecule has 25 heavy (non-hydrogen) atoms. The smallest absolute Gasteiger partial charge is 0.257 e. The predicted molar refractivity (Wildman–Crippen MR) is 90.8 cm³/mol. The average molecular weight is 342 g/mol. The van der Waals surface area contributed by atoms with Crippen molar-refractivity contribution in [3.63, 3.8) is 0 Å². The lowest BCUT2D eigenvalue weighted by Crippen LogP contribution is -2.30. The molecule has 5 nitrogen and oxygen atoms in total. The maximum Gasteiger partial charge on any atom is 0.257 e. The number of halogens is 1. The Morgan fingerprint density at radius 2 is 1.84 bits per heavy atom. The molecule has 0 spiro atoms. The van der Waals surface area contributed by atoms with Gasteiger partial charge in [-0.05, 0) is 49.2 Å². The zero-order chi connectivity index (χ0) is 17.9. The van der Waals surface area contributed by atoms with E-state index in [-0.39, 0.29) is 18.3 Å². The van der Waals surface area contributed by atoms with Crippen molar-refractivity contribution in [1.29, 1.82) is 5.26 Å². The molecule has 0 aromatic heterocycles. The predicted octanol–water partition coefficient (Wildman–Crippen LogP) is 3.05. The van der Waals surface area contributed by atoms with Crippen LogP contribution in [0.4, 0.5) is 4.39 Å². The molecular formula is C19H19FN2O3. The Bertz CT molecular complexity index is 726. The highest BCUT2D eigenvalue weighted by Crippen LogP contribution is 2.16. The fourth-order valence-electron chi connectivity index (χ4n) is 2.05. The molecule has 0 atom stereocenters. The largest absolute Gasteiger partial charge is 0.494 e. The standard InChI is InChI=1S/C19H19FN2O3/c20-16-7-9-17(10-8-16)24-12-4-3-11-22-19(23)14-25-18-6-2-1-5-15(18)13-21/h1-2,5-10H,3-4,11-12,14H2,(H,22,23). The maximum absolute atomic E-state index is 12.7. The lowest BCUT2D eigenvalue weighted by molar-refractivity contribution is -0.123. The number of amides is 1. The van der Waals surface area contributed by atoms with E-state index in [2.05, 4.69) is 5.32 Å². The summed E-state index contributed by atoms with van der Waals surface area (Å²) in [6, 6.07) is 14.6. The number of carbonyl (C=O) groups is 1. The molecule has 0 bridgehead atoms. The molecule has 6 heteroatoms. The third-order valence-corrected chi connectivity index (χ3v) is 3.34. The van der Waals surface area contributed by atoms with Crippen molar-refractivity contribution < 1.29 is 18.7 Å². The maximum atomic E-state index is 12.7. The topological polar surface area (TPSA) is 71.3 Å². The van der Waals surface area contributed by atoms with Crippen LogP contribution in [0.25, 0.3) is 0 Å². The highest BCUT2D eigenvalue weighted by molar-refractivity contribution is 5.77. The van der Waals surface area contributed by atoms with Gasteiger partial charge >= 0.3 is 0 Å². The average Bonchev–Trinajstić information content (AvgIpc) is 2.64. The Hall–Kier alpha value is -3.07. The summed E-state index contributed by atoms with van der Waals surface area (Å²) in [5.41, 5.74) is 0.397. The number of rotatable bonds is 9. The zero-order valence-electron chi connectivity index (χ0n) is 13.7. The number of nitriles is 1. The summed E-state index contributed by atoms with van der Waals surface area (Å²) in [4.78, 5) is 11.7. The molecule has 1 N–H and O–H groups in total. The molecule has 0 aliphatic heterocycles. The van der Waals surface area contributed by atoms with E-state index in [1.54, 1.807) is 36.4 Å². The Morgan fingerprint density at radius 3 is 2.60 bits per heavy atom. The van der Waals surface area contributed by atoms with Crippen molar-refractivity contribution in [3.05, 3.63) is 59.9 Å². The summed E-state index contributed by atoms with van der Waals surface area (Å²) in [5, 5.41) is 11.7. The van der Waals surface area contributed by atoms with E-state index in [4.69, 9.17) is 14.7 Å². The third kappa shape index (κ3) is 6.51. The number of unbranched alkanes of at least 4 members (excludes halogenated alkanes) is 1. The first kappa shape index (κ1) is 18.3. The van der Waals surface area contributed by atoms with Gasteiger partial charge in [0, 0.05) is 6.54 Å². The van der Waals surface area contributed by atoms with Gasteiger partial charge in [-0.2, -0.15) is 5.26 Å². The van der Waals surface area contributed by atoms with Gasteiger partial charge in [0.2, 0.25) is 0 Å². The summed E-state index contributed by atoms with van der Waals surface area (Å²) < 4.78 is 23.6. The van der Waals surface area contributed by atoms with Crippen LogP contribution in [0.5, 0.6) is 11.5 Å². The van der Waals surface area contributed by atoms with E-state index in [1.807, 2.05) is 6.07 Å². The molecule has 0 saturated heterocycles. The fourth-order valence-corrected chi connectivity index (χ4v) is 2.05. The van der Waals surface area contributed by atoms with E-state index in [1.165, 1.54) is 12.1 Å². The van der Waals surface area contributed by atoms with Crippen molar-refractivity contribution in [1.82, 2.24) is 5.32 Å². The zero-order valence-corrected chi connectivity index (χ0v) is 13.7. The first-order valence-corrected chi connectivity index (χ1v) is 7.96. The number of hydrogen-bond donors (Lipinski definition) is 1. The minimum atomic E-state index is -0.297. The number of nitrogens with one attached hydrogen (secondary N) is 1. The molecular weight excluding hydrogens is 323 g/mol. The van der Waals surface area contributed by atoms with Crippen LogP contribution in [0.15, 0.2) is 48.5 Å². The van der Waals surface area contributed by atoms with Crippen LogP contribution >= 0.6 is 0 Å². The summed E-state index contributed by atoms with van der Waals surface area (Å²) >= 11 is 0. The lowest BCUT2D eigenvalue weighted by Gasteiger charge is -2.09. The van der Waals surface area contributed by atoms with Crippen LogP contribution in [0.1, 0.15) is 18.4 Å². The van der Waals surface area contributed by atoms with E-state index >= 15 is 0 Å². The Balaban J connectivity index is 1.56. The lowest BCUT2D eigenvalue weighted by atomic mass is 10.2. The van der Waals surface area contributed by atoms with E-state index in [0.29, 0.717) is 30.2 Å². The first-order chi connectivity index (χ1) is 12.2. The normalized spacial score (nSPS) is 9.92. The van der Waals surface area contributed by atoms with Gasteiger partial charge in [0.15, 0.2) is 6.61 Å².